The Morgan fingerprint density at radius 2 is 1.82 bits per heavy atom. The van der Waals surface area contributed by atoms with Gasteiger partial charge in [0, 0.05) is 16.3 Å². The van der Waals surface area contributed by atoms with Crippen molar-refractivity contribution in [2.75, 3.05) is 5.84 Å². The second-order valence-electron chi connectivity index (χ2n) is 4.87. The zero-order chi connectivity index (χ0) is 15.5. The van der Waals surface area contributed by atoms with Gasteiger partial charge in [-0.1, -0.05) is 65.8 Å². The van der Waals surface area contributed by atoms with Crippen LogP contribution in [0.2, 0.25) is 5.02 Å². The molecule has 2 aromatic carbocycles. The summed E-state index contributed by atoms with van der Waals surface area (Å²) < 4.78 is 1.53. The highest BCUT2D eigenvalue weighted by Crippen LogP contribution is 2.28. The summed E-state index contributed by atoms with van der Waals surface area (Å²) in [5.74, 6) is 7.51. The molecule has 3 aromatic rings. The topological polar surface area (TPSA) is 56.7 Å². The molecule has 0 bridgehead atoms. The van der Waals surface area contributed by atoms with E-state index in [0.29, 0.717) is 16.7 Å². The van der Waals surface area contributed by atoms with Crippen LogP contribution in [0.5, 0.6) is 0 Å². The third-order valence-corrected chi connectivity index (χ3v) is 4.73. The lowest BCUT2D eigenvalue weighted by atomic mass is 10.1. The Morgan fingerprint density at radius 1 is 1.09 bits per heavy atom. The fourth-order valence-corrected chi connectivity index (χ4v) is 3.28. The highest BCUT2D eigenvalue weighted by molar-refractivity contribution is 7.98. The molecule has 0 atom stereocenters. The number of aryl methyl sites for hydroxylation is 1. The van der Waals surface area contributed by atoms with Crippen molar-refractivity contribution in [1.82, 2.24) is 14.9 Å². The summed E-state index contributed by atoms with van der Waals surface area (Å²) in [5.41, 5.74) is 3.15. The fourth-order valence-electron chi connectivity index (χ4n) is 2.14. The Hall–Kier alpha value is -1.98. The molecule has 6 heteroatoms. The van der Waals surface area contributed by atoms with Crippen LogP contribution in [0.1, 0.15) is 11.1 Å². The van der Waals surface area contributed by atoms with E-state index < -0.39 is 0 Å². The maximum absolute atomic E-state index is 6.16. The van der Waals surface area contributed by atoms with Gasteiger partial charge in [0.05, 0.1) is 0 Å². The van der Waals surface area contributed by atoms with Gasteiger partial charge in [-0.3, -0.25) is 0 Å². The van der Waals surface area contributed by atoms with Crippen LogP contribution in [-0.2, 0) is 5.75 Å². The molecule has 0 spiro atoms. The van der Waals surface area contributed by atoms with Crippen LogP contribution >= 0.6 is 23.4 Å². The fraction of sp³-hybridized carbons (Fsp3) is 0.125. The maximum atomic E-state index is 6.16. The Morgan fingerprint density at radius 3 is 2.59 bits per heavy atom. The first-order valence-corrected chi connectivity index (χ1v) is 8.16. The lowest BCUT2D eigenvalue weighted by molar-refractivity contribution is 0.849. The molecular weight excluding hydrogens is 316 g/mol. The van der Waals surface area contributed by atoms with E-state index in [1.807, 2.05) is 55.5 Å². The number of aromatic nitrogens is 3. The van der Waals surface area contributed by atoms with Crippen molar-refractivity contribution in [3.8, 4) is 11.4 Å². The van der Waals surface area contributed by atoms with Gasteiger partial charge in [0.2, 0.25) is 5.16 Å². The van der Waals surface area contributed by atoms with Crippen LogP contribution in [0.4, 0.5) is 0 Å². The summed E-state index contributed by atoms with van der Waals surface area (Å²) in [4.78, 5) is 0. The van der Waals surface area contributed by atoms with Gasteiger partial charge in [0.25, 0.3) is 0 Å². The van der Waals surface area contributed by atoms with E-state index in [9.17, 15) is 0 Å². The first kappa shape index (κ1) is 14.9. The molecule has 0 aliphatic carbocycles. The monoisotopic (exact) mass is 330 g/mol. The molecule has 0 saturated carbocycles. The van der Waals surface area contributed by atoms with Crippen molar-refractivity contribution in [3.05, 3.63) is 64.7 Å². The number of thioether (sulfide) groups is 1. The summed E-state index contributed by atoms with van der Waals surface area (Å²) in [6, 6.07) is 15.7. The van der Waals surface area contributed by atoms with Crippen LogP contribution in [0.15, 0.2) is 53.7 Å². The summed E-state index contributed by atoms with van der Waals surface area (Å²) in [6.45, 7) is 2.03. The van der Waals surface area contributed by atoms with Gasteiger partial charge in [0.15, 0.2) is 5.82 Å². The van der Waals surface area contributed by atoms with Crippen LogP contribution in [0.25, 0.3) is 11.4 Å². The van der Waals surface area contributed by atoms with Crippen molar-refractivity contribution in [3.63, 3.8) is 0 Å². The first-order valence-electron chi connectivity index (χ1n) is 6.79. The number of nitrogens with two attached hydrogens (primary N) is 1. The van der Waals surface area contributed by atoms with E-state index in [1.54, 1.807) is 0 Å². The summed E-state index contributed by atoms with van der Waals surface area (Å²) in [5, 5.41) is 9.81. The summed E-state index contributed by atoms with van der Waals surface area (Å²) in [7, 11) is 0. The summed E-state index contributed by atoms with van der Waals surface area (Å²) >= 11 is 7.68. The van der Waals surface area contributed by atoms with E-state index in [1.165, 1.54) is 16.4 Å². The molecule has 3 rings (SSSR count). The molecular formula is C16H15ClN4S. The van der Waals surface area contributed by atoms with Crippen molar-refractivity contribution in [2.45, 2.75) is 17.8 Å². The van der Waals surface area contributed by atoms with Gasteiger partial charge in [0.1, 0.15) is 0 Å². The Balaban J connectivity index is 1.83. The minimum Gasteiger partial charge on any atom is -0.335 e. The zero-order valence-electron chi connectivity index (χ0n) is 12.0. The molecule has 0 aliphatic rings. The molecule has 22 heavy (non-hydrogen) atoms. The highest BCUT2D eigenvalue weighted by Gasteiger charge is 2.14. The van der Waals surface area contributed by atoms with Crippen molar-refractivity contribution >= 4 is 23.4 Å². The van der Waals surface area contributed by atoms with E-state index in [-0.39, 0.29) is 0 Å². The number of benzene rings is 2. The van der Waals surface area contributed by atoms with Crippen LogP contribution in [0.3, 0.4) is 0 Å². The van der Waals surface area contributed by atoms with Gasteiger partial charge in [-0.15, -0.1) is 10.2 Å². The molecule has 1 aromatic heterocycles. The molecule has 0 aliphatic heterocycles. The van der Waals surface area contributed by atoms with Gasteiger partial charge >= 0.3 is 0 Å². The average Bonchev–Trinajstić information content (AvgIpc) is 2.88. The quantitative estimate of drug-likeness (QED) is 0.582. The Kier molecular flexibility index (Phi) is 4.36. The first-order chi connectivity index (χ1) is 10.7. The molecule has 4 nitrogen and oxygen atoms in total. The lowest BCUT2D eigenvalue weighted by Crippen LogP contribution is -2.12. The van der Waals surface area contributed by atoms with Crippen molar-refractivity contribution < 1.29 is 0 Å². The van der Waals surface area contributed by atoms with Crippen LogP contribution < -0.4 is 5.84 Å². The number of rotatable bonds is 4. The number of hydrogen-bond acceptors (Lipinski definition) is 4. The largest absolute Gasteiger partial charge is 0.335 e. The second kappa shape index (κ2) is 6.42. The van der Waals surface area contributed by atoms with Crippen LogP contribution in [-0.4, -0.2) is 14.9 Å². The zero-order valence-corrected chi connectivity index (χ0v) is 13.6. The molecule has 0 radical (unpaired) electrons. The maximum Gasteiger partial charge on any atom is 0.210 e. The minimum absolute atomic E-state index is 0.665. The predicted molar refractivity (Wildman–Crippen MR) is 91.4 cm³/mol. The molecule has 0 fully saturated rings. The standard InChI is InChI=1S/C16H15ClN4S/c1-11-6-2-4-8-13(11)15-19-20-16(21(15)18)22-10-12-7-3-5-9-14(12)17/h2-9H,10,18H2,1H3. The molecule has 1 heterocycles. The van der Waals surface area contributed by atoms with Gasteiger partial charge in [-0.05, 0) is 24.1 Å². The SMILES string of the molecule is Cc1ccccc1-c1nnc(SCc2ccccc2Cl)n1N. The molecule has 2 N–H and O–H groups in total. The second-order valence-corrected chi connectivity index (χ2v) is 6.22. The van der Waals surface area contributed by atoms with Gasteiger partial charge < -0.3 is 5.84 Å². The van der Waals surface area contributed by atoms with E-state index in [0.717, 1.165) is 21.7 Å². The number of nitrogen functional groups attached to an aromatic ring is 1. The number of halogens is 1. The third-order valence-electron chi connectivity index (χ3n) is 3.37. The normalized spacial score (nSPS) is 10.8. The lowest BCUT2D eigenvalue weighted by Gasteiger charge is -2.06. The Bertz CT molecular complexity index is 800. The smallest absolute Gasteiger partial charge is 0.210 e. The molecule has 0 amide bonds. The minimum atomic E-state index is 0.665. The predicted octanol–water partition coefficient (Wildman–Crippen LogP) is 3.91. The highest BCUT2D eigenvalue weighted by atomic mass is 35.5. The van der Waals surface area contributed by atoms with Crippen molar-refractivity contribution in [2.24, 2.45) is 0 Å². The van der Waals surface area contributed by atoms with E-state index in [4.69, 9.17) is 17.4 Å². The number of nitrogens with zero attached hydrogens (tertiary/aromatic N) is 3. The van der Waals surface area contributed by atoms with E-state index in [2.05, 4.69) is 10.2 Å². The van der Waals surface area contributed by atoms with Gasteiger partial charge in [-0.25, -0.2) is 4.68 Å². The summed E-state index contributed by atoms with van der Waals surface area (Å²) in [6.07, 6.45) is 0. The van der Waals surface area contributed by atoms with Crippen molar-refractivity contribution in [1.29, 1.82) is 0 Å². The molecule has 0 saturated heterocycles. The van der Waals surface area contributed by atoms with Gasteiger partial charge in [-0.2, -0.15) is 0 Å². The van der Waals surface area contributed by atoms with Crippen LogP contribution in [0, 0.1) is 6.92 Å². The number of hydrogen-bond donors (Lipinski definition) is 1. The molecule has 0 unspecified atom stereocenters. The average molecular weight is 331 g/mol. The molecule has 112 valence electrons. The Labute approximate surface area is 138 Å². The third kappa shape index (κ3) is 2.96. The van der Waals surface area contributed by atoms with E-state index >= 15 is 0 Å².